The molecule has 0 aromatic heterocycles. The lowest BCUT2D eigenvalue weighted by molar-refractivity contribution is -0.274. The lowest BCUT2D eigenvalue weighted by atomic mass is 9.73. The number of hydrogen-bond acceptors (Lipinski definition) is 3. The molecular formula is C19H23F4NO3. The minimum atomic E-state index is -4.81. The molecule has 2 fully saturated rings. The van der Waals surface area contributed by atoms with Crippen LogP contribution in [-0.2, 0) is 4.79 Å². The lowest BCUT2D eigenvalue weighted by Gasteiger charge is -2.39. The highest BCUT2D eigenvalue weighted by Crippen LogP contribution is 2.39. The van der Waals surface area contributed by atoms with Gasteiger partial charge < -0.3 is 14.7 Å². The summed E-state index contributed by atoms with van der Waals surface area (Å²) in [5.41, 5.74) is 0.129. The van der Waals surface area contributed by atoms with Gasteiger partial charge in [-0.15, -0.1) is 13.2 Å². The summed E-state index contributed by atoms with van der Waals surface area (Å²) >= 11 is 0. The van der Waals surface area contributed by atoms with Gasteiger partial charge in [0.25, 0.3) is 0 Å². The summed E-state index contributed by atoms with van der Waals surface area (Å²) in [6, 6.07) is 3.07. The van der Waals surface area contributed by atoms with Crippen LogP contribution in [0.5, 0.6) is 5.75 Å². The van der Waals surface area contributed by atoms with E-state index in [2.05, 4.69) is 4.74 Å². The van der Waals surface area contributed by atoms with Gasteiger partial charge in [-0.1, -0.05) is 0 Å². The van der Waals surface area contributed by atoms with Gasteiger partial charge in [-0.2, -0.15) is 0 Å². The second-order valence-electron chi connectivity index (χ2n) is 7.44. The Morgan fingerprint density at radius 1 is 1.04 bits per heavy atom. The van der Waals surface area contributed by atoms with Gasteiger partial charge in [0.05, 0.1) is 11.6 Å². The Labute approximate surface area is 155 Å². The molecule has 150 valence electrons. The molecule has 1 saturated heterocycles. The van der Waals surface area contributed by atoms with E-state index in [0.29, 0.717) is 37.8 Å². The zero-order valence-electron chi connectivity index (χ0n) is 14.8. The molecule has 27 heavy (non-hydrogen) atoms. The van der Waals surface area contributed by atoms with Crippen molar-refractivity contribution in [1.82, 2.24) is 0 Å². The average Bonchev–Trinajstić information content (AvgIpc) is 2.62. The zero-order chi connectivity index (χ0) is 19.6. The minimum absolute atomic E-state index is 0.129. The molecule has 0 bridgehead atoms. The number of hydrogen-bond donors (Lipinski definition) is 1. The van der Waals surface area contributed by atoms with Gasteiger partial charge in [-0.25, -0.2) is 4.39 Å². The van der Waals surface area contributed by atoms with Crippen LogP contribution in [0.1, 0.15) is 38.5 Å². The molecule has 0 amide bonds. The van der Waals surface area contributed by atoms with E-state index in [4.69, 9.17) is 5.11 Å². The van der Waals surface area contributed by atoms with Crippen LogP contribution >= 0.6 is 0 Å². The standard InChI is InChI=1S/C19H23F4NO3/c20-16-6-5-15(27-19(21,22)23)11-17(16)24-9-7-13(8-10-24)12-1-3-14(4-2-12)18(25)26/h5-6,11-14H,1-4,7-10H2,(H,25,26). The highest BCUT2D eigenvalue weighted by atomic mass is 19.4. The predicted octanol–water partition coefficient (Wildman–Crippen LogP) is 4.83. The number of alkyl halides is 3. The Bertz CT molecular complexity index is 663. The second-order valence-corrected chi connectivity index (χ2v) is 7.44. The molecule has 1 N–H and O–H groups in total. The summed E-state index contributed by atoms with van der Waals surface area (Å²) in [7, 11) is 0. The summed E-state index contributed by atoms with van der Waals surface area (Å²) in [5.74, 6) is -1.02. The zero-order valence-corrected chi connectivity index (χ0v) is 14.8. The van der Waals surface area contributed by atoms with Crippen LogP contribution < -0.4 is 9.64 Å². The molecule has 1 heterocycles. The largest absolute Gasteiger partial charge is 0.573 e. The molecule has 4 nitrogen and oxygen atoms in total. The number of carboxylic acids is 1. The van der Waals surface area contributed by atoms with Gasteiger partial charge in [-0.05, 0) is 62.5 Å². The van der Waals surface area contributed by atoms with Gasteiger partial charge >= 0.3 is 12.3 Å². The Morgan fingerprint density at radius 3 is 2.19 bits per heavy atom. The van der Waals surface area contributed by atoms with Crippen LogP contribution in [0.2, 0.25) is 0 Å². The molecule has 0 radical (unpaired) electrons. The average molecular weight is 389 g/mol. The fourth-order valence-electron chi connectivity index (χ4n) is 4.38. The highest BCUT2D eigenvalue weighted by Gasteiger charge is 2.34. The van der Waals surface area contributed by atoms with Crippen LogP contribution in [0.25, 0.3) is 0 Å². The number of ether oxygens (including phenoxy) is 1. The quantitative estimate of drug-likeness (QED) is 0.750. The minimum Gasteiger partial charge on any atom is -0.481 e. The Balaban J connectivity index is 1.58. The van der Waals surface area contributed by atoms with E-state index in [1.165, 1.54) is 0 Å². The summed E-state index contributed by atoms with van der Waals surface area (Å²) in [6.07, 6.45) is 0.0302. The van der Waals surface area contributed by atoms with Crippen molar-refractivity contribution in [2.45, 2.75) is 44.9 Å². The summed E-state index contributed by atoms with van der Waals surface area (Å²) < 4.78 is 55.2. The number of anilines is 1. The van der Waals surface area contributed by atoms with Crippen molar-refractivity contribution in [1.29, 1.82) is 0 Å². The smallest absolute Gasteiger partial charge is 0.481 e. The molecule has 1 saturated carbocycles. The first-order valence-corrected chi connectivity index (χ1v) is 9.26. The predicted molar refractivity (Wildman–Crippen MR) is 91.1 cm³/mol. The van der Waals surface area contributed by atoms with Gasteiger partial charge in [0.1, 0.15) is 11.6 Å². The number of halogens is 4. The number of rotatable bonds is 4. The monoisotopic (exact) mass is 389 g/mol. The Kier molecular flexibility index (Phi) is 5.81. The fourth-order valence-corrected chi connectivity index (χ4v) is 4.38. The maximum absolute atomic E-state index is 14.1. The summed E-state index contributed by atoms with van der Waals surface area (Å²) in [4.78, 5) is 12.8. The van der Waals surface area contributed by atoms with Crippen molar-refractivity contribution >= 4 is 11.7 Å². The second kappa shape index (κ2) is 7.94. The Morgan fingerprint density at radius 2 is 1.63 bits per heavy atom. The van der Waals surface area contributed by atoms with Crippen LogP contribution in [0.15, 0.2) is 18.2 Å². The number of carbonyl (C=O) groups is 1. The first kappa shape index (κ1) is 19.8. The third-order valence-electron chi connectivity index (χ3n) is 5.82. The van der Waals surface area contributed by atoms with Crippen molar-refractivity contribution in [3.05, 3.63) is 24.0 Å². The maximum atomic E-state index is 14.1. The van der Waals surface area contributed by atoms with E-state index in [-0.39, 0.29) is 11.6 Å². The molecule has 1 aromatic rings. The van der Waals surface area contributed by atoms with E-state index in [1.807, 2.05) is 0 Å². The first-order valence-electron chi connectivity index (χ1n) is 9.26. The van der Waals surface area contributed by atoms with Crippen LogP contribution in [0.3, 0.4) is 0 Å². The molecule has 1 aliphatic heterocycles. The van der Waals surface area contributed by atoms with Crippen molar-refractivity contribution in [2.75, 3.05) is 18.0 Å². The van der Waals surface area contributed by atoms with E-state index >= 15 is 0 Å². The topological polar surface area (TPSA) is 49.8 Å². The number of aliphatic carboxylic acids is 1. The highest BCUT2D eigenvalue weighted by molar-refractivity contribution is 5.70. The van der Waals surface area contributed by atoms with E-state index in [1.54, 1.807) is 4.90 Å². The molecule has 0 atom stereocenters. The molecule has 2 aliphatic rings. The maximum Gasteiger partial charge on any atom is 0.573 e. The Hall–Kier alpha value is -1.99. The van der Waals surface area contributed by atoms with Gasteiger partial charge in [0, 0.05) is 19.2 Å². The van der Waals surface area contributed by atoms with Gasteiger partial charge in [0.2, 0.25) is 0 Å². The van der Waals surface area contributed by atoms with E-state index in [0.717, 1.165) is 43.9 Å². The first-order chi connectivity index (χ1) is 12.7. The molecular weight excluding hydrogens is 366 g/mol. The van der Waals surface area contributed by atoms with Crippen molar-refractivity contribution in [3.63, 3.8) is 0 Å². The van der Waals surface area contributed by atoms with Crippen molar-refractivity contribution in [3.8, 4) is 5.75 Å². The normalized spacial score (nSPS) is 24.7. The number of piperidine rings is 1. The third-order valence-corrected chi connectivity index (χ3v) is 5.82. The molecule has 3 rings (SSSR count). The summed E-state index contributed by atoms with van der Waals surface area (Å²) in [5, 5.41) is 9.09. The third kappa shape index (κ3) is 5.05. The SMILES string of the molecule is O=C(O)C1CCC(C2CCN(c3cc(OC(F)(F)F)ccc3F)CC2)CC1. The number of nitrogens with zero attached hydrogens (tertiary/aromatic N) is 1. The summed E-state index contributed by atoms with van der Waals surface area (Å²) in [6.45, 7) is 1.13. The van der Waals surface area contributed by atoms with Gasteiger partial charge in [0.15, 0.2) is 0 Å². The van der Waals surface area contributed by atoms with E-state index in [9.17, 15) is 22.4 Å². The molecule has 8 heteroatoms. The molecule has 0 spiro atoms. The molecule has 1 aromatic carbocycles. The lowest BCUT2D eigenvalue weighted by Crippen LogP contribution is -2.38. The van der Waals surface area contributed by atoms with Crippen LogP contribution in [0.4, 0.5) is 23.2 Å². The van der Waals surface area contributed by atoms with Crippen LogP contribution in [0, 0.1) is 23.6 Å². The van der Waals surface area contributed by atoms with Gasteiger partial charge in [-0.3, -0.25) is 4.79 Å². The van der Waals surface area contributed by atoms with E-state index < -0.39 is 23.9 Å². The number of benzene rings is 1. The van der Waals surface area contributed by atoms with Crippen LogP contribution in [-0.4, -0.2) is 30.5 Å². The molecule has 0 unspecified atom stereocenters. The number of carboxylic acid groups (broad SMARTS) is 1. The molecule has 1 aliphatic carbocycles. The van der Waals surface area contributed by atoms with Crippen molar-refractivity contribution in [2.24, 2.45) is 17.8 Å². The fraction of sp³-hybridized carbons (Fsp3) is 0.632. The van der Waals surface area contributed by atoms with Crippen molar-refractivity contribution < 1.29 is 32.2 Å².